The first-order valence-electron chi connectivity index (χ1n) is 8.26. The number of nitrogens with zero attached hydrogens (tertiary/aromatic N) is 1. The maximum atomic E-state index is 12.7. The van der Waals surface area contributed by atoms with E-state index < -0.39 is 0 Å². The fourth-order valence-corrected chi connectivity index (χ4v) is 3.53. The van der Waals surface area contributed by atoms with E-state index in [4.69, 9.17) is 0 Å². The Balaban J connectivity index is 1.88. The minimum absolute atomic E-state index is 0.0289. The van der Waals surface area contributed by atoms with Crippen LogP contribution in [0.25, 0.3) is 0 Å². The molecule has 1 saturated heterocycles. The van der Waals surface area contributed by atoms with Crippen LogP contribution >= 0.6 is 0 Å². The minimum Gasteiger partial charge on any atom is -0.319 e. The maximum absolute atomic E-state index is 12.7. The fraction of sp³-hybridized carbons (Fsp3) is 0.611. The van der Waals surface area contributed by atoms with Gasteiger partial charge in [-0.25, -0.2) is 0 Å². The zero-order valence-electron chi connectivity index (χ0n) is 13.3. The molecule has 114 valence electrons. The molecule has 1 amide bonds. The molecule has 1 aromatic rings. The number of amides is 1. The summed E-state index contributed by atoms with van der Waals surface area (Å²) in [5.74, 6) is 0.960. The van der Waals surface area contributed by atoms with Gasteiger partial charge in [0, 0.05) is 6.04 Å². The second-order valence-electron chi connectivity index (χ2n) is 6.62. The van der Waals surface area contributed by atoms with Crippen LogP contribution < -0.4 is 5.32 Å². The van der Waals surface area contributed by atoms with Crippen molar-refractivity contribution in [3.05, 3.63) is 35.4 Å². The summed E-state index contributed by atoms with van der Waals surface area (Å²) < 4.78 is 0. The number of carbonyl (C=O) groups excluding carboxylic acids is 1. The number of hydrogen-bond acceptors (Lipinski definition) is 2. The Kier molecular flexibility index (Phi) is 4.03. The Bertz CT molecular complexity index is 506. The van der Waals surface area contributed by atoms with E-state index in [0.29, 0.717) is 12.0 Å². The van der Waals surface area contributed by atoms with E-state index >= 15 is 0 Å². The Morgan fingerprint density at radius 3 is 2.48 bits per heavy atom. The lowest BCUT2D eigenvalue weighted by atomic mass is 9.79. The molecule has 1 N–H and O–H groups in total. The molecule has 1 heterocycles. The van der Waals surface area contributed by atoms with E-state index in [-0.39, 0.29) is 18.1 Å². The standard InChI is InChI=1S/C18H26N2O/c1-4-16-18(21)20(13(3)14-6-5-7-14)17(19-16)15-10-8-12(2)9-11-15/h8-11,13-14,16-17,19H,4-7H2,1-3H3. The average Bonchev–Trinajstić information content (AvgIpc) is 2.74. The first-order valence-corrected chi connectivity index (χ1v) is 8.26. The summed E-state index contributed by atoms with van der Waals surface area (Å²) in [7, 11) is 0. The van der Waals surface area contributed by atoms with Gasteiger partial charge < -0.3 is 4.90 Å². The van der Waals surface area contributed by atoms with Crippen molar-refractivity contribution in [2.24, 2.45) is 5.92 Å². The first-order chi connectivity index (χ1) is 10.1. The lowest BCUT2D eigenvalue weighted by Gasteiger charge is -2.40. The third-order valence-electron chi connectivity index (χ3n) is 5.26. The highest BCUT2D eigenvalue weighted by Gasteiger charge is 2.43. The van der Waals surface area contributed by atoms with E-state index in [1.165, 1.54) is 30.4 Å². The fourth-order valence-electron chi connectivity index (χ4n) is 3.53. The molecule has 1 aliphatic carbocycles. The van der Waals surface area contributed by atoms with Crippen LogP contribution in [0.4, 0.5) is 0 Å². The number of rotatable bonds is 4. The van der Waals surface area contributed by atoms with Crippen LogP contribution in [0.2, 0.25) is 0 Å². The van der Waals surface area contributed by atoms with Gasteiger partial charge in [-0.15, -0.1) is 0 Å². The molecule has 0 aromatic heterocycles. The molecule has 1 aromatic carbocycles. The zero-order chi connectivity index (χ0) is 15.0. The Morgan fingerprint density at radius 1 is 1.29 bits per heavy atom. The summed E-state index contributed by atoms with van der Waals surface area (Å²) in [5, 5.41) is 3.54. The number of hydrogen-bond donors (Lipinski definition) is 1. The van der Waals surface area contributed by atoms with E-state index in [0.717, 1.165) is 6.42 Å². The Labute approximate surface area is 127 Å². The summed E-state index contributed by atoms with van der Waals surface area (Å²) in [6, 6.07) is 8.87. The van der Waals surface area contributed by atoms with Gasteiger partial charge in [0.15, 0.2) is 0 Å². The van der Waals surface area contributed by atoms with Crippen molar-refractivity contribution in [2.45, 2.75) is 64.7 Å². The summed E-state index contributed by atoms with van der Waals surface area (Å²) in [5.41, 5.74) is 2.46. The van der Waals surface area contributed by atoms with Crippen molar-refractivity contribution < 1.29 is 4.79 Å². The van der Waals surface area contributed by atoms with Gasteiger partial charge >= 0.3 is 0 Å². The van der Waals surface area contributed by atoms with Gasteiger partial charge in [-0.05, 0) is 44.6 Å². The van der Waals surface area contributed by atoms with Gasteiger partial charge in [-0.3, -0.25) is 10.1 Å². The second kappa shape index (κ2) is 5.80. The highest BCUT2D eigenvalue weighted by Crippen LogP contribution is 2.37. The summed E-state index contributed by atoms with van der Waals surface area (Å²) >= 11 is 0. The topological polar surface area (TPSA) is 32.3 Å². The summed E-state index contributed by atoms with van der Waals surface area (Å²) in [6.45, 7) is 6.41. The second-order valence-corrected chi connectivity index (χ2v) is 6.62. The largest absolute Gasteiger partial charge is 0.319 e. The zero-order valence-corrected chi connectivity index (χ0v) is 13.3. The highest BCUT2D eigenvalue weighted by atomic mass is 16.2. The molecule has 1 aliphatic heterocycles. The molecule has 1 saturated carbocycles. The molecule has 3 atom stereocenters. The Morgan fingerprint density at radius 2 is 1.95 bits per heavy atom. The molecule has 2 aliphatic rings. The maximum Gasteiger partial charge on any atom is 0.241 e. The third kappa shape index (κ3) is 2.59. The predicted molar refractivity (Wildman–Crippen MR) is 84.8 cm³/mol. The van der Waals surface area contributed by atoms with Crippen molar-refractivity contribution >= 4 is 5.91 Å². The van der Waals surface area contributed by atoms with Crippen LogP contribution in [0.15, 0.2) is 24.3 Å². The molecule has 3 unspecified atom stereocenters. The average molecular weight is 286 g/mol. The van der Waals surface area contributed by atoms with Crippen LogP contribution in [0.3, 0.4) is 0 Å². The van der Waals surface area contributed by atoms with Crippen molar-refractivity contribution in [3.8, 4) is 0 Å². The summed E-state index contributed by atoms with van der Waals surface area (Å²) in [4.78, 5) is 14.9. The molecule has 3 rings (SSSR count). The lowest BCUT2D eigenvalue weighted by molar-refractivity contribution is -0.133. The van der Waals surface area contributed by atoms with Crippen LogP contribution in [0.1, 0.15) is 56.8 Å². The number of nitrogens with one attached hydrogen (secondary N) is 1. The van der Waals surface area contributed by atoms with Gasteiger partial charge in [0.25, 0.3) is 0 Å². The molecule has 2 fully saturated rings. The molecular weight excluding hydrogens is 260 g/mol. The molecule has 3 nitrogen and oxygen atoms in total. The number of aryl methyl sites for hydroxylation is 1. The van der Waals surface area contributed by atoms with E-state index in [1.807, 2.05) is 0 Å². The molecule has 0 bridgehead atoms. The van der Waals surface area contributed by atoms with Gasteiger partial charge in [0.05, 0.1) is 6.04 Å². The summed E-state index contributed by atoms with van der Waals surface area (Å²) in [6.07, 6.45) is 4.75. The van der Waals surface area contributed by atoms with E-state index in [2.05, 4.69) is 55.3 Å². The predicted octanol–water partition coefficient (Wildman–Crippen LogP) is 3.39. The molecule has 21 heavy (non-hydrogen) atoms. The normalized spacial score (nSPS) is 27.8. The van der Waals surface area contributed by atoms with Gasteiger partial charge in [0.1, 0.15) is 6.17 Å². The molecule has 0 radical (unpaired) electrons. The lowest BCUT2D eigenvalue weighted by Crippen LogP contribution is -2.44. The molecular formula is C18H26N2O. The number of benzene rings is 1. The van der Waals surface area contributed by atoms with Gasteiger partial charge in [-0.1, -0.05) is 43.2 Å². The Hall–Kier alpha value is -1.35. The van der Waals surface area contributed by atoms with E-state index in [9.17, 15) is 4.79 Å². The van der Waals surface area contributed by atoms with Crippen molar-refractivity contribution in [3.63, 3.8) is 0 Å². The quantitative estimate of drug-likeness (QED) is 0.920. The number of carbonyl (C=O) groups is 1. The first kappa shape index (κ1) is 14.6. The minimum atomic E-state index is -0.0289. The molecule has 0 spiro atoms. The van der Waals surface area contributed by atoms with Crippen LogP contribution in [0, 0.1) is 12.8 Å². The SMILES string of the molecule is CCC1NC(c2ccc(C)cc2)N(C(C)C2CCC2)C1=O. The van der Waals surface area contributed by atoms with Crippen molar-refractivity contribution in [1.29, 1.82) is 0 Å². The van der Waals surface area contributed by atoms with E-state index in [1.54, 1.807) is 0 Å². The van der Waals surface area contributed by atoms with Gasteiger partial charge in [0.2, 0.25) is 5.91 Å². The third-order valence-corrected chi connectivity index (χ3v) is 5.26. The monoisotopic (exact) mass is 286 g/mol. The molecule has 3 heteroatoms. The van der Waals surface area contributed by atoms with Crippen molar-refractivity contribution in [1.82, 2.24) is 10.2 Å². The van der Waals surface area contributed by atoms with Crippen LogP contribution in [0.5, 0.6) is 0 Å². The van der Waals surface area contributed by atoms with Gasteiger partial charge in [-0.2, -0.15) is 0 Å². The smallest absolute Gasteiger partial charge is 0.241 e. The van der Waals surface area contributed by atoms with Crippen LogP contribution in [-0.4, -0.2) is 22.9 Å². The highest BCUT2D eigenvalue weighted by molar-refractivity contribution is 5.84. The van der Waals surface area contributed by atoms with Crippen LogP contribution in [-0.2, 0) is 4.79 Å². The van der Waals surface area contributed by atoms with Crippen molar-refractivity contribution in [2.75, 3.05) is 0 Å².